The van der Waals surface area contributed by atoms with Crippen molar-refractivity contribution in [3.05, 3.63) is 71.7 Å². The predicted molar refractivity (Wildman–Crippen MR) is 84.5 cm³/mol. The first kappa shape index (κ1) is 13.7. The van der Waals surface area contributed by atoms with Crippen LogP contribution in [0.3, 0.4) is 0 Å². The summed E-state index contributed by atoms with van der Waals surface area (Å²) < 4.78 is 0. The Bertz CT molecular complexity index is 740. The van der Waals surface area contributed by atoms with Gasteiger partial charge in [0.1, 0.15) is 0 Å². The number of nitrogens with two attached hydrogens (primary N) is 1. The van der Waals surface area contributed by atoms with Gasteiger partial charge >= 0.3 is 0 Å². The molecule has 0 spiro atoms. The summed E-state index contributed by atoms with van der Waals surface area (Å²) in [7, 11) is 0. The van der Waals surface area contributed by atoms with Gasteiger partial charge in [-0.25, -0.2) is 0 Å². The van der Waals surface area contributed by atoms with Crippen LogP contribution in [0.4, 0.5) is 0 Å². The standard InChI is InChI=1S/C17H18N4/c1-12-5-6-13-10-14(7-8-16(13)20-12)17(21-18)11-15-4-2-3-9-19-15/h2-10,17,21H,11,18H2,1H3. The fraction of sp³-hybridized carbons (Fsp3) is 0.176. The zero-order valence-corrected chi connectivity index (χ0v) is 12.0. The topological polar surface area (TPSA) is 63.8 Å². The molecule has 0 radical (unpaired) electrons. The Morgan fingerprint density at radius 2 is 2.05 bits per heavy atom. The number of hydrogen-bond donors (Lipinski definition) is 2. The number of rotatable bonds is 4. The molecular formula is C17H18N4. The zero-order valence-electron chi connectivity index (χ0n) is 12.0. The quantitative estimate of drug-likeness (QED) is 0.569. The maximum absolute atomic E-state index is 5.73. The number of pyridine rings is 2. The van der Waals surface area contributed by atoms with Crippen molar-refractivity contribution in [3.8, 4) is 0 Å². The van der Waals surface area contributed by atoms with E-state index in [1.165, 1.54) is 0 Å². The molecule has 1 aromatic carbocycles. The summed E-state index contributed by atoms with van der Waals surface area (Å²) in [6, 6.07) is 16.3. The van der Waals surface area contributed by atoms with Gasteiger partial charge in [0.25, 0.3) is 0 Å². The summed E-state index contributed by atoms with van der Waals surface area (Å²) in [5.74, 6) is 5.73. The van der Waals surface area contributed by atoms with E-state index in [1.54, 1.807) is 6.20 Å². The molecule has 0 fully saturated rings. The Kier molecular flexibility index (Phi) is 3.90. The fourth-order valence-corrected chi connectivity index (χ4v) is 2.46. The van der Waals surface area contributed by atoms with E-state index >= 15 is 0 Å². The molecule has 0 saturated carbocycles. The molecule has 4 nitrogen and oxygen atoms in total. The van der Waals surface area contributed by atoms with Gasteiger partial charge in [-0.2, -0.15) is 0 Å². The molecule has 0 aliphatic heterocycles. The maximum Gasteiger partial charge on any atom is 0.0705 e. The van der Waals surface area contributed by atoms with Crippen molar-refractivity contribution in [1.29, 1.82) is 0 Å². The Morgan fingerprint density at radius 3 is 2.81 bits per heavy atom. The van der Waals surface area contributed by atoms with Crippen LogP contribution in [0.25, 0.3) is 10.9 Å². The summed E-state index contributed by atoms with van der Waals surface area (Å²) in [6.45, 7) is 2.00. The molecule has 0 aliphatic rings. The van der Waals surface area contributed by atoms with Gasteiger partial charge < -0.3 is 0 Å². The van der Waals surface area contributed by atoms with Crippen LogP contribution in [-0.2, 0) is 6.42 Å². The summed E-state index contributed by atoms with van der Waals surface area (Å²) in [4.78, 5) is 8.88. The average molecular weight is 278 g/mol. The molecule has 1 unspecified atom stereocenters. The number of aromatic nitrogens is 2. The summed E-state index contributed by atoms with van der Waals surface area (Å²) in [5, 5.41) is 1.12. The van der Waals surface area contributed by atoms with Crippen LogP contribution in [0.2, 0.25) is 0 Å². The van der Waals surface area contributed by atoms with Gasteiger partial charge in [0.2, 0.25) is 0 Å². The van der Waals surface area contributed by atoms with Crippen molar-refractivity contribution in [2.45, 2.75) is 19.4 Å². The number of hydrogen-bond acceptors (Lipinski definition) is 4. The van der Waals surface area contributed by atoms with E-state index in [4.69, 9.17) is 5.84 Å². The van der Waals surface area contributed by atoms with Crippen LogP contribution in [-0.4, -0.2) is 9.97 Å². The molecule has 3 rings (SSSR count). The Hall–Kier alpha value is -2.30. The highest BCUT2D eigenvalue weighted by Gasteiger charge is 2.12. The van der Waals surface area contributed by atoms with Crippen molar-refractivity contribution in [3.63, 3.8) is 0 Å². The number of aryl methyl sites for hydroxylation is 1. The third-order valence-electron chi connectivity index (χ3n) is 3.60. The van der Waals surface area contributed by atoms with E-state index in [-0.39, 0.29) is 6.04 Å². The zero-order chi connectivity index (χ0) is 14.7. The first-order valence-corrected chi connectivity index (χ1v) is 6.99. The lowest BCUT2D eigenvalue weighted by atomic mass is 10.00. The first-order valence-electron chi connectivity index (χ1n) is 6.99. The molecule has 0 bridgehead atoms. The SMILES string of the molecule is Cc1ccc2cc(C(Cc3ccccn3)NN)ccc2n1. The number of nitrogens with one attached hydrogen (secondary N) is 1. The molecular weight excluding hydrogens is 260 g/mol. The van der Waals surface area contributed by atoms with Gasteiger partial charge in [0.05, 0.1) is 11.6 Å². The molecule has 1 atom stereocenters. The lowest BCUT2D eigenvalue weighted by Crippen LogP contribution is -2.29. The van der Waals surface area contributed by atoms with Gasteiger partial charge in [-0.05, 0) is 42.8 Å². The highest BCUT2D eigenvalue weighted by atomic mass is 15.2. The second kappa shape index (κ2) is 5.99. The Balaban J connectivity index is 1.91. The number of nitrogens with zero attached hydrogens (tertiary/aromatic N) is 2. The van der Waals surface area contributed by atoms with Crippen LogP contribution >= 0.6 is 0 Å². The molecule has 2 aromatic heterocycles. The van der Waals surface area contributed by atoms with Crippen molar-refractivity contribution in [1.82, 2.24) is 15.4 Å². The van der Waals surface area contributed by atoms with E-state index in [0.29, 0.717) is 0 Å². The van der Waals surface area contributed by atoms with E-state index in [0.717, 1.165) is 34.3 Å². The Labute approximate surface area is 124 Å². The minimum Gasteiger partial charge on any atom is -0.271 e. The minimum absolute atomic E-state index is 0.0330. The molecule has 3 aromatic rings. The van der Waals surface area contributed by atoms with Crippen LogP contribution < -0.4 is 11.3 Å². The fourth-order valence-electron chi connectivity index (χ4n) is 2.46. The lowest BCUT2D eigenvalue weighted by Gasteiger charge is -2.16. The van der Waals surface area contributed by atoms with E-state index in [9.17, 15) is 0 Å². The van der Waals surface area contributed by atoms with E-state index in [2.05, 4.69) is 33.6 Å². The summed E-state index contributed by atoms with van der Waals surface area (Å²) in [5.41, 5.74) is 7.07. The van der Waals surface area contributed by atoms with Gasteiger partial charge in [-0.3, -0.25) is 21.2 Å². The second-order valence-corrected chi connectivity index (χ2v) is 5.15. The average Bonchev–Trinajstić information content (AvgIpc) is 2.53. The molecule has 0 amide bonds. The molecule has 0 saturated heterocycles. The van der Waals surface area contributed by atoms with Crippen molar-refractivity contribution in [2.24, 2.45) is 5.84 Å². The van der Waals surface area contributed by atoms with Crippen molar-refractivity contribution < 1.29 is 0 Å². The largest absolute Gasteiger partial charge is 0.271 e. The first-order chi connectivity index (χ1) is 10.3. The molecule has 106 valence electrons. The number of fused-ring (bicyclic) bond motifs is 1. The van der Waals surface area contributed by atoms with E-state index < -0.39 is 0 Å². The maximum atomic E-state index is 5.73. The lowest BCUT2D eigenvalue weighted by molar-refractivity contribution is 0.546. The Morgan fingerprint density at radius 1 is 1.14 bits per heavy atom. The number of benzene rings is 1. The van der Waals surface area contributed by atoms with Gasteiger partial charge in [-0.15, -0.1) is 0 Å². The van der Waals surface area contributed by atoms with Crippen molar-refractivity contribution in [2.75, 3.05) is 0 Å². The highest BCUT2D eigenvalue weighted by molar-refractivity contribution is 5.79. The van der Waals surface area contributed by atoms with Gasteiger partial charge in [-0.1, -0.05) is 18.2 Å². The highest BCUT2D eigenvalue weighted by Crippen LogP contribution is 2.21. The van der Waals surface area contributed by atoms with Crippen molar-refractivity contribution >= 4 is 10.9 Å². The molecule has 0 aliphatic carbocycles. The molecule has 21 heavy (non-hydrogen) atoms. The summed E-state index contributed by atoms with van der Waals surface area (Å²) in [6.07, 6.45) is 2.55. The van der Waals surface area contributed by atoms with Crippen LogP contribution in [0.5, 0.6) is 0 Å². The predicted octanol–water partition coefficient (Wildman–Crippen LogP) is 2.69. The minimum atomic E-state index is 0.0330. The van der Waals surface area contributed by atoms with E-state index in [1.807, 2.05) is 37.3 Å². The smallest absolute Gasteiger partial charge is 0.0705 e. The summed E-state index contributed by atoms with van der Waals surface area (Å²) >= 11 is 0. The monoisotopic (exact) mass is 278 g/mol. The van der Waals surface area contributed by atoms with Gasteiger partial charge in [0.15, 0.2) is 0 Å². The molecule has 3 N–H and O–H groups in total. The van der Waals surface area contributed by atoms with Crippen LogP contribution in [0, 0.1) is 6.92 Å². The van der Waals surface area contributed by atoms with Crippen LogP contribution in [0.15, 0.2) is 54.7 Å². The van der Waals surface area contributed by atoms with Crippen LogP contribution in [0.1, 0.15) is 23.0 Å². The normalized spacial score (nSPS) is 12.5. The molecule has 2 heterocycles. The second-order valence-electron chi connectivity index (χ2n) is 5.15. The number of hydrazine groups is 1. The third kappa shape index (κ3) is 3.07. The molecule has 4 heteroatoms. The van der Waals surface area contributed by atoms with Gasteiger partial charge in [0, 0.05) is 29.4 Å². The third-order valence-corrected chi connectivity index (χ3v) is 3.60.